The van der Waals surface area contributed by atoms with Crippen molar-refractivity contribution < 1.29 is 0 Å². The van der Waals surface area contributed by atoms with E-state index in [0.29, 0.717) is 5.54 Å². The second-order valence-electron chi connectivity index (χ2n) is 6.52. The summed E-state index contributed by atoms with van der Waals surface area (Å²) in [5, 5.41) is 0. The van der Waals surface area contributed by atoms with Gasteiger partial charge in [0.05, 0.1) is 0 Å². The molecule has 100 valence electrons. The molecule has 2 rings (SSSR count). The zero-order chi connectivity index (χ0) is 12.5. The Kier molecular flexibility index (Phi) is 4.14. The maximum atomic E-state index is 6.25. The molecule has 0 radical (unpaired) electrons. The molecule has 0 heterocycles. The van der Waals surface area contributed by atoms with E-state index in [0.717, 1.165) is 24.4 Å². The summed E-state index contributed by atoms with van der Waals surface area (Å²) < 4.78 is 0. The summed E-state index contributed by atoms with van der Waals surface area (Å²) in [6, 6.07) is 0.853. The fraction of sp³-hybridized carbons (Fsp3) is 1.00. The van der Waals surface area contributed by atoms with Gasteiger partial charge in [0.2, 0.25) is 0 Å². The van der Waals surface area contributed by atoms with Crippen LogP contribution >= 0.6 is 0 Å². The summed E-state index contributed by atoms with van der Waals surface area (Å²) in [5.41, 5.74) is 6.56. The lowest BCUT2D eigenvalue weighted by molar-refractivity contribution is -0.0101. The van der Waals surface area contributed by atoms with Crippen molar-refractivity contribution in [2.75, 3.05) is 13.1 Å². The fourth-order valence-electron chi connectivity index (χ4n) is 3.91. The summed E-state index contributed by atoms with van der Waals surface area (Å²) >= 11 is 0. The highest BCUT2D eigenvalue weighted by molar-refractivity contribution is 5.04. The molecule has 0 bridgehead atoms. The Balaban J connectivity index is 2.19. The van der Waals surface area contributed by atoms with Gasteiger partial charge in [0, 0.05) is 18.1 Å². The molecule has 0 aromatic carbocycles. The van der Waals surface area contributed by atoms with E-state index < -0.39 is 0 Å². The van der Waals surface area contributed by atoms with Crippen molar-refractivity contribution in [2.45, 2.75) is 70.9 Å². The SMILES string of the molecule is CCCN(C1CC1)C1(CN)CC(C)CCC1C. The maximum absolute atomic E-state index is 6.25. The summed E-state index contributed by atoms with van der Waals surface area (Å²) in [6.07, 6.45) is 8.16. The molecule has 0 amide bonds. The van der Waals surface area contributed by atoms with Crippen LogP contribution in [0.15, 0.2) is 0 Å². The van der Waals surface area contributed by atoms with E-state index in [-0.39, 0.29) is 0 Å². The molecule has 0 aromatic rings. The van der Waals surface area contributed by atoms with Gasteiger partial charge in [0.1, 0.15) is 0 Å². The van der Waals surface area contributed by atoms with Crippen molar-refractivity contribution in [1.29, 1.82) is 0 Å². The lowest BCUT2D eigenvalue weighted by atomic mass is 9.68. The second kappa shape index (κ2) is 5.27. The first kappa shape index (κ1) is 13.4. The third-order valence-corrected chi connectivity index (χ3v) is 5.09. The van der Waals surface area contributed by atoms with Gasteiger partial charge < -0.3 is 5.73 Å². The first-order valence-corrected chi connectivity index (χ1v) is 7.61. The topological polar surface area (TPSA) is 29.3 Å². The Labute approximate surface area is 107 Å². The molecule has 0 spiro atoms. The van der Waals surface area contributed by atoms with Crippen molar-refractivity contribution in [2.24, 2.45) is 17.6 Å². The fourth-order valence-corrected chi connectivity index (χ4v) is 3.91. The van der Waals surface area contributed by atoms with Crippen molar-refractivity contribution in [3.8, 4) is 0 Å². The van der Waals surface area contributed by atoms with Gasteiger partial charge in [-0.3, -0.25) is 4.90 Å². The smallest absolute Gasteiger partial charge is 0.0362 e. The van der Waals surface area contributed by atoms with Crippen molar-refractivity contribution in [3.05, 3.63) is 0 Å². The van der Waals surface area contributed by atoms with Crippen LogP contribution in [0, 0.1) is 11.8 Å². The molecule has 2 saturated carbocycles. The molecule has 17 heavy (non-hydrogen) atoms. The van der Waals surface area contributed by atoms with Crippen LogP contribution in [0.5, 0.6) is 0 Å². The van der Waals surface area contributed by atoms with Crippen LogP contribution in [0.25, 0.3) is 0 Å². The van der Waals surface area contributed by atoms with E-state index in [4.69, 9.17) is 5.73 Å². The molecule has 2 N–H and O–H groups in total. The minimum Gasteiger partial charge on any atom is -0.329 e. The van der Waals surface area contributed by atoms with Gasteiger partial charge in [-0.2, -0.15) is 0 Å². The molecular formula is C15H30N2. The Morgan fingerprint density at radius 3 is 2.41 bits per heavy atom. The number of rotatable bonds is 5. The highest BCUT2D eigenvalue weighted by Gasteiger charge is 2.48. The summed E-state index contributed by atoms with van der Waals surface area (Å²) in [6.45, 7) is 9.25. The van der Waals surface area contributed by atoms with Gasteiger partial charge in [-0.15, -0.1) is 0 Å². The number of nitrogens with two attached hydrogens (primary N) is 1. The minimum absolute atomic E-state index is 0.314. The van der Waals surface area contributed by atoms with E-state index in [1.165, 1.54) is 45.1 Å². The lowest BCUT2D eigenvalue weighted by Crippen LogP contribution is -2.61. The zero-order valence-corrected chi connectivity index (χ0v) is 11.9. The van der Waals surface area contributed by atoms with Crippen molar-refractivity contribution in [1.82, 2.24) is 4.90 Å². The van der Waals surface area contributed by atoms with Crippen LogP contribution in [-0.4, -0.2) is 29.6 Å². The normalized spacial score (nSPS) is 38.6. The molecule has 0 aromatic heterocycles. The number of hydrogen-bond donors (Lipinski definition) is 1. The van der Waals surface area contributed by atoms with E-state index in [1.54, 1.807) is 0 Å². The largest absolute Gasteiger partial charge is 0.329 e. The molecule has 2 nitrogen and oxygen atoms in total. The van der Waals surface area contributed by atoms with Gasteiger partial charge >= 0.3 is 0 Å². The first-order valence-electron chi connectivity index (χ1n) is 7.61. The number of nitrogens with zero attached hydrogens (tertiary/aromatic N) is 1. The van der Waals surface area contributed by atoms with Crippen LogP contribution in [0.2, 0.25) is 0 Å². The van der Waals surface area contributed by atoms with Crippen LogP contribution in [0.4, 0.5) is 0 Å². The Bertz CT molecular complexity index is 249. The summed E-state index contributed by atoms with van der Waals surface area (Å²) in [5.74, 6) is 1.63. The van der Waals surface area contributed by atoms with Gasteiger partial charge in [-0.05, 0) is 50.5 Å². The standard InChI is InChI=1S/C15H30N2/c1-4-9-17(14-7-8-14)15(11-16)10-12(2)5-6-13(15)3/h12-14H,4-11,16H2,1-3H3. The average Bonchev–Trinajstić information content (AvgIpc) is 3.13. The van der Waals surface area contributed by atoms with Gasteiger partial charge in [-0.25, -0.2) is 0 Å². The molecule has 2 aliphatic rings. The van der Waals surface area contributed by atoms with Crippen molar-refractivity contribution in [3.63, 3.8) is 0 Å². The predicted molar refractivity (Wildman–Crippen MR) is 74.0 cm³/mol. The molecule has 0 aliphatic heterocycles. The second-order valence-corrected chi connectivity index (χ2v) is 6.52. The summed E-state index contributed by atoms with van der Waals surface area (Å²) in [4.78, 5) is 2.80. The van der Waals surface area contributed by atoms with Gasteiger partial charge in [-0.1, -0.05) is 27.2 Å². The zero-order valence-electron chi connectivity index (χ0n) is 11.9. The molecule has 2 heteroatoms. The molecular weight excluding hydrogens is 208 g/mol. The highest BCUT2D eigenvalue weighted by atomic mass is 15.3. The average molecular weight is 238 g/mol. The van der Waals surface area contributed by atoms with E-state index >= 15 is 0 Å². The van der Waals surface area contributed by atoms with Crippen LogP contribution in [-0.2, 0) is 0 Å². The Hall–Kier alpha value is -0.0800. The quantitative estimate of drug-likeness (QED) is 0.798. The third kappa shape index (κ3) is 2.53. The Morgan fingerprint density at radius 2 is 1.88 bits per heavy atom. The lowest BCUT2D eigenvalue weighted by Gasteiger charge is -2.52. The predicted octanol–water partition coefficient (Wildman–Crippen LogP) is 3.01. The van der Waals surface area contributed by atoms with E-state index in [1.807, 2.05) is 0 Å². The maximum Gasteiger partial charge on any atom is 0.0362 e. The molecule has 3 unspecified atom stereocenters. The minimum atomic E-state index is 0.314. The monoisotopic (exact) mass is 238 g/mol. The third-order valence-electron chi connectivity index (χ3n) is 5.09. The molecule has 3 atom stereocenters. The molecule has 2 aliphatic carbocycles. The first-order chi connectivity index (χ1) is 8.14. The van der Waals surface area contributed by atoms with Gasteiger partial charge in [0.25, 0.3) is 0 Å². The Morgan fingerprint density at radius 1 is 1.18 bits per heavy atom. The summed E-state index contributed by atoms with van der Waals surface area (Å²) in [7, 11) is 0. The van der Waals surface area contributed by atoms with Gasteiger partial charge in [0.15, 0.2) is 0 Å². The number of hydrogen-bond acceptors (Lipinski definition) is 2. The van der Waals surface area contributed by atoms with E-state index in [9.17, 15) is 0 Å². The molecule has 0 saturated heterocycles. The highest BCUT2D eigenvalue weighted by Crippen LogP contribution is 2.45. The van der Waals surface area contributed by atoms with Crippen LogP contribution < -0.4 is 5.73 Å². The van der Waals surface area contributed by atoms with E-state index in [2.05, 4.69) is 25.7 Å². The van der Waals surface area contributed by atoms with Crippen LogP contribution in [0.3, 0.4) is 0 Å². The van der Waals surface area contributed by atoms with Crippen molar-refractivity contribution >= 4 is 0 Å². The van der Waals surface area contributed by atoms with Crippen LogP contribution in [0.1, 0.15) is 59.3 Å². The molecule has 2 fully saturated rings.